The molecule has 1 saturated carbocycles. The molecule has 138 valence electrons. The molecular weight excluding hydrogens is 471 g/mol. The monoisotopic (exact) mass is 486 g/mol. The van der Waals surface area contributed by atoms with Gasteiger partial charge < -0.3 is 14.8 Å². The molecule has 0 spiro atoms. The molecule has 1 aliphatic rings. The molecule has 5 nitrogen and oxygen atoms in total. The molecule has 0 aliphatic heterocycles. The number of hydrogen-bond acceptors (Lipinski definition) is 4. The third kappa shape index (κ3) is 4.17. The van der Waals surface area contributed by atoms with Crippen LogP contribution in [0.1, 0.15) is 36.0 Å². The molecule has 0 bridgehead atoms. The van der Waals surface area contributed by atoms with E-state index in [0.29, 0.717) is 20.4 Å². The van der Waals surface area contributed by atoms with Crippen LogP contribution in [-0.2, 0) is 0 Å². The zero-order chi connectivity index (χ0) is 18.7. The first-order chi connectivity index (χ1) is 12.5. The van der Waals surface area contributed by atoms with E-state index in [2.05, 4.69) is 42.2 Å². The molecule has 2 aromatic rings. The Bertz CT molecular complexity index is 806. The van der Waals surface area contributed by atoms with Gasteiger partial charge in [0.25, 0.3) is 5.91 Å². The minimum atomic E-state index is -0.681. The number of halogens is 3. The number of pyridine rings is 1. The third-order valence-corrected chi connectivity index (χ3v) is 5.39. The molecule has 1 fully saturated rings. The lowest BCUT2D eigenvalue weighted by molar-refractivity contribution is 0.102. The van der Waals surface area contributed by atoms with Crippen LogP contribution in [-0.4, -0.2) is 24.1 Å². The fourth-order valence-corrected chi connectivity index (χ4v) is 3.99. The van der Waals surface area contributed by atoms with Crippen molar-refractivity contribution in [1.82, 2.24) is 4.98 Å². The predicted molar refractivity (Wildman–Crippen MR) is 103 cm³/mol. The molecule has 0 unspecified atom stereocenters. The van der Waals surface area contributed by atoms with E-state index in [1.165, 1.54) is 19.2 Å². The Kier molecular flexibility index (Phi) is 6.13. The number of rotatable bonds is 5. The van der Waals surface area contributed by atoms with Crippen molar-refractivity contribution in [3.05, 3.63) is 44.9 Å². The molecular formula is C18H17Br2FN2O3. The van der Waals surface area contributed by atoms with Gasteiger partial charge in [0.1, 0.15) is 5.82 Å². The van der Waals surface area contributed by atoms with Crippen molar-refractivity contribution in [1.29, 1.82) is 0 Å². The normalized spacial score (nSPS) is 14.3. The summed E-state index contributed by atoms with van der Waals surface area (Å²) in [6.45, 7) is 0. The molecule has 1 amide bonds. The first-order valence-corrected chi connectivity index (χ1v) is 9.72. The molecule has 1 aromatic carbocycles. The van der Waals surface area contributed by atoms with Crippen LogP contribution in [0.3, 0.4) is 0 Å². The average molecular weight is 488 g/mol. The van der Waals surface area contributed by atoms with Gasteiger partial charge in [0, 0.05) is 18.5 Å². The number of benzene rings is 1. The Hall–Kier alpha value is -1.67. The van der Waals surface area contributed by atoms with Crippen molar-refractivity contribution < 1.29 is 18.7 Å². The van der Waals surface area contributed by atoms with E-state index >= 15 is 0 Å². The number of nitrogens with zero attached hydrogens (tertiary/aromatic N) is 1. The fraction of sp³-hybridized carbons (Fsp3) is 0.333. The smallest absolute Gasteiger partial charge is 0.258 e. The van der Waals surface area contributed by atoms with E-state index in [0.717, 1.165) is 25.7 Å². The second-order valence-electron chi connectivity index (χ2n) is 5.94. The van der Waals surface area contributed by atoms with E-state index in [1.807, 2.05) is 0 Å². The van der Waals surface area contributed by atoms with Gasteiger partial charge in [-0.2, -0.15) is 0 Å². The quantitative estimate of drug-likeness (QED) is 0.619. The van der Waals surface area contributed by atoms with Crippen LogP contribution in [0, 0.1) is 5.82 Å². The lowest BCUT2D eigenvalue weighted by Crippen LogP contribution is -2.17. The van der Waals surface area contributed by atoms with Crippen molar-refractivity contribution in [2.75, 3.05) is 12.4 Å². The highest BCUT2D eigenvalue weighted by Crippen LogP contribution is 2.35. The van der Waals surface area contributed by atoms with Crippen molar-refractivity contribution in [3.63, 3.8) is 0 Å². The van der Waals surface area contributed by atoms with Gasteiger partial charge >= 0.3 is 0 Å². The largest absolute Gasteiger partial charge is 0.493 e. The third-order valence-electron chi connectivity index (χ3n) is 4.19. The summed E-state index contributed by atoms with van der Waals surface area (Å²) in [7, 11) is 1.45. The SMILES string of the molecule is COc1cc(F)c(C(=O)Nc2c(Br)cncc2Br)cc1OC1CCCC1. The number of carbonyl (C=O) groups is 1. The highest BCUT2D eigenvalue weighted by atomic mass is 79.9. The molecule has 0 atom stereocenters. The summed E-state index contributed by atoms with van der Waals surface area (Å²) in [4.78, 5) is 16.6. The Morgan fingerprint density at radius 3 is 2.46 bits per heavy atom. The van der Waals surface area contributed by atoms with Crippen molar-refractivity contribution in [3.8, 4) is 11.5 Å². The van der Waals surface area contributed by atoms with E-state index in [1.54, 1.807) is 12.4 Å². The molecule has 26 heavy (non-hydrogen) atoms. The molecule has 8 heteroatoms. The van der Waals surface area contributed by atoms with Gasteiger partial charge in [0.15, 0.2) is 11.5 Å². The topological polar surface area (TPSA) is 60.5 Å². The summed E-state index contributed by atoms with van der Waals surface area (Å²) < 4.78 is 26.8. The highest BCUT2D eigenvalue weighted by Gasteiger charge is 2.23. The van der Waals surface area contributed by atoms with Gasteiger partial charge in [-0.05, 0) is 63.6 Å². The Balaban J connectivity index is 1.89. The summed E-state index contributed by atoms with van der Waals surface area (Å²) >= 11 is 6.63. The van der Waals surface area contributed by atoms with E-state index in [4.69, 9.17) is 9.47 Å². The second kappa shape index (κ2) is 8.35. The molecule has 1 heterocycles. The van der Waals surface area contributed by atoms with Gasteiger partial charge in [0.2, 0.25) is 0 Å². The van der Waals surface area contributed by atoms with Gasteiger partial charge in [-0.15, -0.1) is 0 Å². The van der Waals surface area contributed by atoms with Crippen LogP contribution in [0.2, 0.25) is 0 Å². The Morgan fingerprint density at radius 2 is 1.85 bits per heavy atom. The van der Waals surface area contributed by atoms with Crippen LogP contribution < -0.4 is 14.8 Å². The number of hydrogen-bond donors (Lipinski definition) is 1. The summed E-state index contributed by atoms with van der Waals surface area (Å²) in [5, 5.41) is 2.68. The van der Waals surface area contributed by atoms with Crippen LogP contribution in [0.4, 0.5) is 10.1 Å². The first-order valence-electron chi connectivity index (χ1n) is 8.14. The second-order valence-corrected chi connectivity index (χ2v) is 7.65. The number of amides is 1. The maximum atomic E-state index is 14.5. The zero-order valence-corrected chi connectivity index (χ0v) is 17.2. The number of methoxy groups -OCH3 is 1. The summed E-state index contributed by atoms with van der Waals surface area (Å²) in [5.41, 5.74) is 0.355. The minimum Gasteiger partial charge on any atom is -0.493 e. The molecule has 0 radical (unpaired) electrons. The molecule has 0 saturated heterocycles. The number of aromatic nitrogens is 1. The first kappa shape index (κ1) is 19.1. The summed E-state index contributed by atoms with van der Waals surface area (Å²) in [6.07, 6.45) is 7.24. The van der Waals surface area contributed by atoms with E-state index in [9.17, 15) is 9.18 Å². The lowest BCUT2D eigenvalue weighted by Gasteiger charge is -2.17. The zero-order valence-electron chi connectivity index (χ0n) is 14.0. The Morgan fingerprint density at radius 1 is 1.19 bits per heavy atom. The van der Waals surface area contributed by atoms with Crippen molar-refractivity contribution >= 4 is 43.5 Å². The summed E-state index contributed by atoms with van der Waals surface area (Å²) in [5.74, 6) is -0.621. The average Bonchev–Trinajstić information content (AvgIpc) is 3.12. The van der Waals surface area contributed by atoms with E-state index in [-0.39, 0.29) is 17.4 Å². The minimum absolute atomic E-state index is 0.0637. The van der Waals surface area contributed by atoms with Crippen molar-refractivity contribution in [2.24, 2.45) is 0 Å². The van der Waals surface area contributed by atoms with Crippen LogP contribution in [0.25, 0.3) is 0 Å². The van der Waals surface area contributed by atoms with Gasteiger partial charge in [-0.25, -0.2) is 4.39 Å². The maximum Gasteiger partial charge on any atom is 0.258 e. The number of ether oxygens (including phenoxy) is 2. The van der Waals surface area contributed by atoms with Gasteiger partial charge in [0.05, 0.1) is 33.4 Å². The predicted octanol–water partition coefficient (Wildman–Crippen LogP) is 5.33. The van der Waals surface area contributed by atoms with E-state index < -0.39 is 11.7 Å². The standard InChI is InChI=1S/C18H17Br2FN2O3/c1-25-15-7-14(21)11(6-16(15)26-10-4-2-3-5-10)18(24)23-17-12(19)8-22-9-13(17)20/h6-10H,2-5H2,1H3,(H,22,23,24). The van der Waals surface area contributed by atoms with Crippen molar-refractivity contribution in [2.45, 2.75) is 31.8 Å². The molecule has 1 aliphatic carbocycles. The van der Waals surface area contributed by atoms with Crippen LogP contribution >= 0.6 is 31.9 Å². The number of carbonyl (C=O) groups excluding carboxylic acids is 1. The molecule has 1 aromatic heterocycles. The van der Waals surface area contributed by atoms with Gasteiger partial charge in [-0.3, -0.25) is 9.78 Å². The Labute approximate surface area is 167 Å². The van der Waals surface area contributed by atoms with Crippen LogP contribution in [0.5, 0.6) is 11.5 Å². The van der Waals surface area contributed by atoms with Gasteiger partial charge in [-0.1, -0.05) is 0 Å². The maximum absolute atomic E-state index is 14.5. The lowest BCUT2D eigenvalue weighted by atomic mass is 10.1. The van der Waals surface area contributed by atoms with Crippen LogP contribution in [0.15, 0.2) is 33.5 Å². The fourth-order valence-electron chi connectivity index (χ4n) is 2.86. The summed E-state index contributed by atoms with van der Waals surface area (Å²) in [6, 6.07) is 2.57. The number of anilines is 1. The highest BCUT2D eigenvalue weighted by molar-refractivity contribution is 9.11. The molecule has 3 rings (SSSR count). The molecule has 1 N–H and O–H groups in total. The number of nitrogens with one attached hydrogen (secondary N) is 1.